The molecule has 0 spiro atoms. The molecule has 0 saturated carbocycles. The van der Waals surface area contributed by atoms with Gasteiger partial charge < -0.3 is 48.3 Å². The van der Waals surface area contributed by atoms with E-state index in [2.05, 4.69) is 30.9 Å². The van der Waals surface area contributed by atoms with Gasteiger partial charge in [-0.05, 0) is 18.8 Å². The number of nitrogens with zero attached hydrogens (tertiary/aromatic N) is 2. The number of aliphatic imine (C=N–C) groups is 1. The minimum atomic E-state index is -1.61. The van der Waals surface area contributed by atoms with E-state index >= 15 is 0 Å². The maximum Gasteiger partial charge on any atom is 0.326 e. The first-order valence-corrected chi connectivity index (χ1v) is 11.5. The van der Waals surface area contributed by atoms with Crippen LogP contribution < -0.4 is 33.2 Å². The fraction of sp³-hybridized carbons (Fsp3) is 0.571. The van der Waals surface area contributed by atoms with E-state index < -0.39 is 66.2 Å². The van der Waals surface area contributed by atoms with E-state index in [0.717, 1.165) is 0 Å². The van der Waals surface area contributed by atoms with Crippen LogP contribution in [0.5, 0.6) is 0 Å². The third kappa shape index (κ3) is 11.4. The first-order valence-electron chi connectivity index (χ1n) is 11.5. The summed E-state index contributed by atoms with van der Waals surface area (Å²) in [4.78, 5) is 71.6. The molecule has 0 fully saturated rings. The van der Waals surface area contributed by atoms with Crippen molar-refractivity contribution < 1.29 is 34.2 Å². The van der Waals surface area contributed by atoms with Crippen molar-refractivity contribution in [3.05, 3.63) is 18.2 Å². The second kappa shape index (κ2) is 15.0. The molecule has 0 saturated heterocycles. The Balaban J connectivity index is 3.00. The van der Waals surface area contributed by atoms with E-state index in [0.29, 0.717) is 12.1 Å². The minimum Gasteiger partial charge on any atom is -0.481 e. The number of H-pyrrole nitrogens is 1. The van der Waals surface area contributed by atoms with Crippen molar-refractivity contribution in [2.75, 3.05) is 6.54 Å². The third-order valence-corrected chi connectivity index (χ3v) is 5.16. The molecule has 4 atom stereocenters. The second-order valence-corrected chi connectivity index (χ2v) is 8.63. The molecule has 1 heterocycles. The van der Waals surface area contributed by atoms with Gasteiger partial charge in [-0.25, -0.2) is 9.78 Å². The number of carbonyl (C=O) groups is 5. The minimum absolute atomic E-state index is 0.0799. The highest BCUT2D eigenvalue weighted by atomic mass is 16.4. The van der Waals surface area contributed by atoms with Crippen LogP contribution in [0.2, 0.25) is 0 Å². The zero-order chi connectivity index (χ0) is 28.1. The van der Waals surface area contributed by atoms with Gasteiger partial charge in [0.25, 0.3) is 0 Å². The van der Waals surface area contributed by atoms with Crippen molar-refractivity contribution in [3.8, 4) is 0 Å². The van der Waals surface area contributed by atoms with Crippen LogP contribution >= 0.6 is 0 Å². The summed E-state index contributed by atoms with van der Waals surface area (Å²) in [5.41, 5.74) is 16.9. The van der Waals surface area contributed by atoms with Gasteiger partial charge in [0, 0.05) is 24.9 Å². The quantitative estimate of drug-likeness (QED) is 0.0595. The molecule has 1 rings (SSSR count). The van der Waals surface area contributed by atoms with Gasteiger partial charge in [0.2, 0.25) is 17.7 Å². The standard InChI is InChI=1S/C21H35N9O7/c1-10(2)16(20(36)37)30-19(35)14(7-15(31)32)29-18(34)13(6-11-8-25-9-27-11)28-17(33)12(22)4-3-5-26-21(23)24/h8-10,12-14,16H,3-7,22H2,1-2H3,(H,25,27)(H,28,33)(H,29,34)(H,30,35)(H,31,32)(H,36,37)(H4,23,24,26). The topological polar surface area (TPSA) is 281 Å². The number of aliphatic carboxylic acids is 2. The lowest BCUT2D eigenvalue weighted by atomic mass is 10.0. The fourth-order valence-corrected chi connectivity index (χ4v) is 3.18. The molecule has 16 nitrogen and oxygen atoms in total. The number of carboxylic acid groups (broad SMARTS) is 2. The number of hydrogen-bond donors (Lipinski definition) is 9. The predicted molar refractivity (Wildman–Crippen MR) is 131 cm³/mol. The van der Waals surface area contributed by atoms with Crippen LogP contribution in [0.15, 0.2) is 17.5 Å². The lowest BCUT2D eigenvalue weighted by molar-refractivity contribution is -0.144. The summed E-state index contributed by atoms with van der Waals surface area (Å²) >= 11 is 0. The average molecular weight is 526 g/mol. The molecule has 1 aromatic rings. The number of carboxylic acids is 2. The van der Waals surface area contributed by atoms with Gasteiger partial charge in [-0.1, -0.05) is 13.8 Å². The van der Waals surface area contributed by atoms with Crippen LogP contribution in [-0.4, -0.2) is 86.5 Å². The molecule has 37 heavy (non-hydrogen) atoms. The zero-order valence-electron chi connectivity index (χ0n) is 20.6. The third-order valence-electron chi connectivity index (χ3n) is 5.16. The zero-order valence-corrected chi connectivity index (χ0v) is 20.6. The van der Waals surface area contributed by atoms with Crippen LogP contribution in [-0.2, 0) is 30.4 Å². The molecule has 0 aliphatic carbocycles. The Bertz CT molecular complexity index is 962. The Morgan fingerprint density at radius 3 is 2.16 bits per heavy atom. The number of aromatic amines is 1. The van der Waals surface area contributed by atoms with Crippen molar-refractivity contribution in [3.63, 3.8) is 0 Å². The van der Waals surface area contributed by atoms with Gasteiger partial charge in [0.05, 0.1) is 18.8 Å². The molecule has 0 bridgehead atoms. The number of guanidine groups is 1. The highest BCUT2D eigenvalue weighted by Crippen LogP contribution is 2.06. The summed E-state index contributed by atoms with van der Waals surface area (Å²) in [6.07, 6.45) is 2.48. The first-order chi connectivity index (χ1) is 17.3. The SMILES string of the molecule is CC(C)C(NC(=O)C(CC(=O)O)NC(=O)C(Cc1cnc[nH]1)NC(=O)C(N)CCCN=C(N)N)C(=O)O. The maximum absolute atomic E-state index is 13.1. The van der Waals surface area contributed by atoms with E-state index in [9.17, 15) is 34.2 Å². The largest absolute Gasteiger partial charge is 0.481 e. The molecular weight excluding hydrogens is 490 g/mol. The van der Waals surface area contributed by atoms with E-state index in [1.165, 1.54) is 12.5 Å². The van der Waals surface area contributed by atoms with Gasteiger partial charge in [0.15, 0.2) is 5.96 Å². The Hall–Kier alpha value is -4.21. The van der Waals surface area contributed by atoms with Crippen molar-refractivity contribution in [1.82, 2.24) is 25.9 Å². The smallest absolute Gasteiger partial charge is 0.326 e. The van der Waals surface area contributed by atoms with Gasteiger partial charge in [-0.15, -0.1) is 0 Å². The number of carbonyl (C=O) groups excluding carboxylic acids is 3. The van der Waals surface area contributed by atoms with Crippen molar-refractivity contribution in [1.29, 1.82) is 0 Å². The van der Waals surface area contributed by atoms with Gasteiger partial charge in [0.1, 0.15) is 18.1 Å². The summed E-state index contributed by atoms with van der Waals surface area (Å²) < 4.78 is 0. The van der Waals surface area contributed by atoms with E-state index in [-0.39, 0.29) is 25.3 Å². The monoisotopic (exact) mass is 525 g/mol. The summed E-state index contributed by atoms with van der Waals surface area (Å²) in [6, 6.07) is -5.19. The molecule has 1 aromatic heterocycles. The Morgan fingerprint density at radius 2 is 1.65 bits per heavy atom. The predicted octanol–water partition coefficient (Wildman–Crippen LogP) is -3.00. The first kappa shape index (κ1) is 30.8. The maximum atomic E-state index is 13.1. The lowest BCUT2D eigenvalue weighted by Crippen LogP contribution is -2.58. The molecule has 3 amide bonds. The number of amides is 3. The van der Waals surface area contributed by atoms with Crippen LogP contribution in [0.1, 0.15) is 38.8 Å². The highest BCUT2D eigenvalue weighted by molar-refractivity contribution is 5.95. The van der Waals surface area contributed by atoms with Crippen LogP contribution in [0.3, 0.4) is 0 Å². The van der Waals surface area contributed by atoms with E-state index in [1.54, 1.807) is 13.8 Å². The van der Waals surface area contributed by atoms with Gasteiger partial charge in [-0.3, -0.25) is 24.2 Å². The average Bonchev–Trinajstić information content (AvgIpc) is 3.31. The molecule has 0 aromatic carbocycles. The van der Waals surface area contributed by atoms with Crippen LogP contribution in [0.4, 0.5) is 0 Å². The van der Waals surface area contributed by atoms with E-state index in [4.69, 9.17) is 17.2 Å². The fourth-order valence-electron chi connectivity index (χ4n) is 3.18. The number of aromatic nitrogens is 2. The second-order valence-electron chi connectivity index (χ2n) is 8.63. The van der Waals surface area contributed by atoms with Crippen molar-refractivity contribution in [2.45, 2.75) is 63.7 Å². The molecule has 0 aliphatic rings. The molecule has 206 valence electrons. The van der Waals surface area contributed by atoms with Crippen molar-refractivity contribution >= 4 is 35.6 Å². The molecule has 4 unspecified atom stereocenters. The van der Waals surface area contributed by atoms with E-state index in [1.807, 2.05) is 0 Å². The van der Waals surface area contributed by atoms with Crippen LogP contribution in [0.25, 0.3) is 0 Å². The summed E-state index contributed by atoms with van der Waals surface area (Å²) in [6.45, 7) is 3.36. The van der Waals surface area contributed by atoms with Gasteiger partial charge >= 0.3 is 11.9 Å². The molecule has 16 heteroatoms. The summed E-state index contributed by atoms with van der Waals surface area (Å²) in [5, 5.41) is 25.6. The number of nitrogens with one attached hydrogen (secondary N) is 4. The van der Waals surface area contributed by atoms with Gasteiger partial charge in [-0.2, -0.15) is 0 Å². The number of rotatable bonds is 16. The van der Waals surface area contributed by atoms with Crippen molar-refractivity contribution in [2.24, 2.45) is 28.1 Å². The highest BCUT2D eigenvalue weighted by Gasteiger charge is 2.32. The Kier molecular flexibility index (Phi) is 12.5. The number of imidazole rings is 1. The summed E-state index contributed by atoms with van der Waals surface area (Å²) in [7, 11) is 0. The number of hydrogen-bond acceptors (Lipinski definition) is 8. The number of nitrogens with two attached hydrogens (primary N) is 3. The summed E-state index contributed by atoms with van der Waals surface area (Å²) in [5.74, 6) is -5.89. The van der Waals surface area contributed by atoms with Crippen LogP contribution in [0, 0.1) is 5.92 Å². The molecule has 0 aliphatic heterocycles. The Labute approximate surface area is 212 Å². The Morgan fingerprint density at radius 1 is 1.03 bits per heavy atom. The normalized spacial score (nSPS) is 14.1. The molecule has 12 N–H and O–H groups in total. The lowest BCUT2D eigenvalue weighted by Gasteiger charge is -2.25. The molecular formula is C21H35N9O7. The molecule has 0 radical (unpaired) electrons.